The molecule has 1 aromatic heterocycles. The minimum Gasteiger partial charge on any atom is -0.370 e. The van der Waals surface area contributed by atoms with Crippen LogP contribution in [0.4, 0.5) is 5.82 Å². The van der Waals surface area contributed by atoms with Crippen LogP contribution in [0.2, 0.25) is 0 Å². The van der Waals surface area contributed by atoms with Crippen LogP contribution in [0.15, 0.2) is 41.4 Å². The van der Waals surface area contributed by atoms with Crippen LogP contribution in [0.25, 0.3) is 0 Å². The largest absolute Gasteiger partial charge is 0.370 e. The average Bonchev–Trinajstić information content (AvgIpc) is 2.55. The van der Waals surface area contributed by atoms with Crippen molar-refractivity contribution < 1.29 is 4.79 Å². The Morgan fingerprint density at radius 1 is 1.26 bits per heavy atom. The number of thioether (sulfide) groups is 1. The van der Waals surface area contributed by atoms with Crippen molar-refractivity contribution in [2.75, 3.05) is 17.6 Å². The molecule has 0 amide bonds. The number of nitrogens with zero attached hydrogens (tertiary/aromatic N) is 1. The lowest BCUT2D eigenvalue weighted by molar-refractivity contribution is 0.0990. The second-order valence-corrected chi connectivity index (χ2v) is 6.78. The number of pyridine rings is 1. The number of hydrogen-bond donors (Lipinski definition) is 1. The Morgan fingerprint density at radius 2 is 2.04 bits per heavy atom. The molecule has 1 N–H and O–H groups in total. The lowest BCUT2D eigenvalue weighted by Crippen LogP contribution is -2.10. The molecule has 0 fully saturated rings. The molecule has 2 aromatic rings. The Bertz CT molecular complexity index is 670. The molecule has 0 radical (unpaired) electrons. The van der Waals surface area contributed by atoms with Gasteiger partial charge in [-0.2, -0.15) is 0 Å². The molecule has 2 rings (SSSR count). The highest BCUT2D eigenvalue weighted by atomic mass is 32.2. The van der Waals surface area contributed by atoms with Gasteiger partial charge in [0.1, 0.15) is 5.82 Å². The van der Waals surface area contributed by atoms with E-state index >= 15 is 0 Å². The molecule has 0 atom stereocenters. The van der Waals surface area contributed by atoms with Crippen molar-refractivity contribution in [1.82, 2.24) is 4.98 Å². The van der Waals surface area contributed by atoms with Gasteiger partial charge in [0, 0.05) is 35.2 Å². The number of hydrogen-bond acceptors (Lipinski definition) is 4. The second-order valence-electron chi connectivity index (χ2n) is 5.48. The van der Waals surface area contributed by atoms with Crippen LogP contribution in [0.5, 0.6) is 0 Å². The zero-order valence-electron chi connectivity index (χ0n) is 14.1. The minimum absolute atomic E-state index is 0.147. The Morgan fingerprint density at radius 3 is 2.78 bits per heavy atom. The number of rotatable bonds is 8. The van der Waals surface area contributed by atoms with E-state index in [0.717, 1.165) is 46.1 Å². The Hall–Kier alpha value is -1.81. The first-order valence-electron chi connectivity index (χ1n) is 8.10. The number of nitrogens with one attached hydrogen (secondary N) is 1. The van der Waals surface area contributed by atoms with E-state index in [1.165, 1.54) is 0 Å². The van der Waals surface area contributed by atoms with Crippen LogP contribution in [-0.4, -0.2) is 23.1 Å². The van der Waals surface area contributed by atoms with Crippen molar-refractivity contribution in [3.8, 4) is 0 Å². The molecule has 3 nitrogen and oxygen atoms in total. The fourth-order valence-electron chi connectivity index (χ4n) is 2.41. The van der Waals surface area contributed by atoms with E-state index in [2.05, 4.69) is 30.2 Å². The van der Waals surface area contributed by atoms with Crippen molar-refractivity contribution in [2.24, 2.45) is 0 Å². The monoisotopic (exact) mass is 328 g/mol. The van der Waals surface area contributed by atoms with E-state index in [9.17, 15) is 4.79 Å². The third kappa shape index (κ3) is 4.83. The Labute approximate surface area is 142 Å². The van der Waals surface area contributed by atoms with Crippen LogP contribution < -0.4 is 5.32 Å². The molecule has 0 bridgehead atoms. The van der Waals surface area contributed by atoms with Gasteiger partial charge in [-0.15, -0.1) is 11.8 Å². The molecule has 23 heavy (non-hydrogen) atoms. The van der Waals surface area contributed by atoms with E-state index in [4.69, 9.17) is 0 Å². The quantitative estimate of drug-likeness (QED) is 0.561. The van der Waals surface area contributed by atoms with Crippen molar-refractivity contribution in [2.45, 2.75) is 38.5 Å². The smallest absolute Gasteiger partial charge is 0.168 e. The number of aryl methyl sites for hydroxylation is 1. The maximum atomic E-state index is 12.8. The lowest BCUT2D eigenvalue weighted by Gasteiger charge is -2.12. The van der Waals surface area contributed by atoms with E-state index in [-0.39, 0.29) is 5.78 Å². The molecule has 1 aromatic carbocycles. The zero-order valence-corrected chi connectivity index (χ0v) is 14.9. The van der Waals surface area contributed by atoms with Crippen LogP contribution in [0, 0.1) is 6.92 Å². The highest BCUT2D eigenvalue weighted by Crippen LogP contribution is 2.25. The average molecular weight is 328 g/mol. The van der Waals surface area contributed by atoms with Crippen molar-refractivity contribution in [3.05, 3.63) is 53.2 Å². The third-order valence-corrected chi connectivity index (χ3v) is 4.44. The SMILES string of the molecule is CCCNc1ncc(C)cc1CC(=O)c1ccccc1SCC. The highest BCUT2D eigenvalue weighted by molar-refractivity contribution is 7.99. The van der Waals surface area contributed by atoms with E-state index < -0.39 is 0 Å². The van der Waals surface area contributed by atoms with Crippen LogP contribution >= 0.6 is 11.8 Å². The van der Waals surface area contributed by atoms with E-state index in [1.807, 2.05) is 37.4 Å². The van der Waals surface area contributed by atoms with Crippen molar-refractivity contribution in [1.29, 1.82) is 0 Å². The number of carbonyl (C=O) groups is 1. The molecule has 0 aliphatic heterocycles. The summed E-state index contributed by atoms with van der Waals surface area (Å²) in [4.78, 5) is 18.3. The maximum absolute atomic E-state index is 12.8. The molecule has 0 aliphatic carbocycles. The maximum Gasteiger partial charge on any atom is 0.168 e. The van der Waals surface area contributed by atoms with Gasteiger partial charge in [-0.25, -0.2) is 4.98 Å². The third-order valence-electron chi connectivity index (χ3n) is 3.48. The summed E-state index contributed by atoms with van der Waals surface area (Å²) >= 11 is 1.71. The van der Waals surface area contributed by atoms with E-state index in [1.54, 1.807) is 11.8 Å². The zero-order chi connectivity index (χ0) is 16.7. The molecule has 0 saturated carbocycles. The first kappa shape index (κ1) is 17.5. The fourth-order valence-corrected chi connectivity index (χ4v) is 3.24. The second kappa shape index (κ2) is 8.73. The van der Waals surface area contributed by atoms with Gasteiger partial charge in [-0.1, -0.05) is 38.1 Å². The van der Waals surface area contributed by atoms with Gasteiger partial charge >= 0.3 is 0 Å². The van der Waals surface area contributed by atoms with Gasteiger partial charge in [0.15, 0.2) is 5.78 Å². The van der Waals surface area contributed by atoms with Crippen LogP contribution in [0.3, 0.4) is 0 Å². The summed E-state index contributed by atoms with van der Waals surface area (Å²) in [5.41, 5.74) is 2.85. The molecule has 122 valence electrons. The molecular formula is C19H24N2OS. The summed E-state index contributed by atoms with van der Waals surface area (Å²) in [6.07, 6.45) is 3.24. The first-order chi connectivity index (χ1) is 11.2. The highest BCUT2D eigenvalue weighted by Gasteiger charge is 2.14. The molecule has 1 heterocycles. The number of anilines is 1. The normalized spacial score (nSPS) is 10.6. The number of Topliss-reactive ketones (excluding diaryl/α,β-unsaturated/α-hetero) is 1. The number of benzene rings is 1. The summed E-state index contributed by atoms with van der Waals surface area (Å²) in [7, 11) is 0. The topological polar surface area (TPSA) is 42.0 Å². The van der Waals surface area contributed by atoms with E-state index in [0.29, 0.717) is 6.42 Å². The molecular weight excluding hydrogens is 304 g/mol. The van der Waals surface area contributed by atoms with Gasteiger partial charge in [0.2, 0.25) is 0 Å². The number of carbonyl (C=O) groups excluding carboxylic acids is 1. The van der Waals surface area contributed by atoms with Gasteiger partial charge < -0.3 is 5.32 Å². The van der Waals surface area contributed by atoms with Crippen molar-refractivity contribution >= 4 is 23.4 Å². The summed E-state index contributed by atoms with van der Waals surface area (Å²) in [5, 5.41) is 3.32. The molecule has 0 aliphatic rings. The van der Waals surface area contributed by atoms with Gasteiger partial charge in [0.25, 0.3) is 0 Å². The standard InChI is InChI=1S/C19H24N2OS/c1-4-10-20-19-15(11-14(3)13-21-19)12-17(22)16-8-6-7-9-18(16)23-5-2/h6-9,11,13H,4-5,10,12H2,1-3H3,(H,20,21). The first-order valence-corrected chi connectivity index (χ1v) is 9.08. The molecule has 0 spiro atoms. The summed E-state index contributed by atoms with van der Waals surface area (Å²) in [5.74, 6) is 1.93. The summed E-state index contributed by atoms with van der Waals surface area (Å²) in [6.45, 7) is 7.08. The minimum atomic E-state index is 0.147. The van der Waals surface area contributed by atoms with Gasteiger partial charge in [-0.05, 0) is 30.7 Å². The van der Waals surface area contributed by atoms with Gasteiger partial charge in [-0.3, -0.25) is 4.79 Å². The lowest BCUT2D eigenvalue weighted by atomic mass is 10.0. The van der Waals surface area contributed by atoms with Crippen molar-refractivity contribution in [3.63, 3.8) is 0 Å². The molecule has 4 heteroatoms. The Balaban J connectivity index is 2.24. The van der Waals surface area contributed by atoms with Gasteiger partial charge in [0.05, 0.1) is 0 Å². The fraction of sp³-hybridized carbons (Fsp3) is 0.368. The molecule has 0 saturated heterocycles. The predicted octanol–water partition coefficient (Wildman–Crippen LogP) is 4.75. The summed E-state index contributed by atoms with van der Waals surface area (Å²) < 4.78 is 0. The summed E-state index contributed by atoms with van der Waals surface area (Å²) in [6, 6.07) is 9.90. The number of aromatic nitrogens is 1. The predicted molar refractivity (Wildman–Crippen MR) is 98.6 cm³/mol. The number of ketones is 1. The Kier molecular flexibility index (Phi) is 6.66. The van der Waals surface area contributed by atoms with Crippen LogP contribution in [0.1, 0.15) is 41.8 Å². The van der Waals surface area contributed by atoms with Crippen LogP contribution in [-0.2, 0) is 6.42 Å². The molecule has 0 unspecified atom stereocenters.